The van der Waals surface area contributed by atoms with E-state index in [1.807, 2.05) is 37.4 Å². The molecule has 5 heteroatoms. The largest absolute Gasteiger partial charge is 0.326 e. The topological polar surface area (TPSA) is 30.7 Å². The van der Waals surface area contributed by atoms with Crippen LogP contribution in [0.3, 0.4) is 0 Å². The zero-order valence-corrected chi connectivity index (χ0v) is 12.9. The lowest BCUT2D eigenvalue weighted by atomic mass is 10.2. The van der Waals surface area contributed by atoms with Gasteiger partial charge >= 0.3 is 0 Å². The molecule has 0 saturated heterocycles. The van der Waals surface area contributed by atoms with Gasteiger partial charge in [-0.05, 0) is 42.8 Å². The number of rotatable bonds is 3. The van der Waals surface area contributed by atoms with Gasteiger partial charge in [0.2, 0.25) is 0 Å². The van der Waals surface area contributed by atoms with Crippen molar-refractivity contribution in [3.8, 4) is 11.4 Å². The van der Waals surface area contributed by atoms with Crippen LogP contribution in [0.15, 0.2) is 48.9 Å². The highest BCUT2D eigenvalue weighted by Gasteiger charge is 2.10. The Morgan fingerprint density at radius 1 is 1.19 bits per heavy atom. The lowest BCUT2D eigenvalue weighted by molar-refractivity contribution is 0.806. The third-order valence-electron chi connectivity index (χ3n) is 3.17. The summed E-state index contributed by atoms with van der Waals surface area (Å²) in [6, 6.07) is 9.37. The first-order chi connectivity index (χ1) is 10.1. The molecule has 0 fully saturated rings. The van der Waals surface area contributed by atoms with Gasteiger partial charge in [0.25, 0.3) is 0 Å². The van der Waals surface area contributed by atoms with E-state index in [0.717, 1.165) is 22.6 Å². The van der Waals surface area contributed by atoms with Crippen molar-refractivity contribution in [2.24, 2.45) is 0 Å². The van der Waals surface area contributed by atoms with Crippen molar-refractivity contribution >= 4 is 23.2 Å². The molecule has 0 unspecified atom stereocenters. The van der Waals surface area contributed by atoms with E-state index >= 15 is 0 Å². The number of aromatic nitrogens is 3. The van der Waals surface area contributed by atoms with Crippen LogP contribution in [0.4, 0.5) is 0 Å². The summed E-state index contributed by atoms with van der Waals surface area (Å²) in [7, 11) is 0. The standard InChI is InChI=1S/C16H13Cl2N3/c1-11-9-21(10-13-7-14(17)4-5-15(13)18)16(20-11)12-3-2-6-19-8-12/h2-9H,10H2,1H3. The molecule has 0 amide bonds. The molecular formula is C16H13Cl2N3. The van der Waals surface area contributed by atoms with Crippen molar-refractivity contribution in [2.45, 2.75) is 13.5 Å². The molecule has 0 aliphatic rings. The molecule has 0 aliphatic heterocycles. The van der Waals surface area contributed by atoms with Gasteiger partial charge in [0, 0.05) is 34.2 Å². The fraction of sp³-hybridized carbons (Fsp3) is 0.125. The predicted molar refractivity (Wildman–Crippen MR) is 85.8 cm³/mol. The van der Waals surface area contributed by atoms with Gasteiger partial charge < -0.3 is 4.57 Å². The van der Waals surface area contributed by atoms with Crippen LogP contribution in [0.5, 0.6) is 0 Å². The van der Waals surface area contributed by atoms with Crippen LogP contribution in [0, 0.1) is 6.92 Å². The first kappa shape index (κ1) is 14.1. The average Bonchev–Trinajstić information content (AvgIpc) is 2.85. The molecule has 0 bridgehead atoms. The molecule has 3 rings (SSSR count). The Labute approximate surface area is 133 Å². The molecule has 3 aromatic rings. The lowest BCUT2D eigenvalue weighted by Gasteiger charge is -2.09. The number of nitrogens with zero attached hydrogens (tertiary/aromatic N) is 3. The van der Waals surface area contributed by atoms with Crippen LogP contribution >= 0.6 is 23.2 Å². The summed E-state index contributed by atoms with van der Waals surface area (Å²) in [5, 5.41) is 1.37. The molecule has 0 N–H and O–H groups in total. The average molecular weight is 318 g/mol. The van der Waals surface area contributed by atoms with Crippen LogP contribution in [0.2, 0.25) is 10.0 Å². The Hall–Kier alpha value is -1.84. The Kier molecular flexibility index (Phi) is 3.95. The number of hydrogen-bond acceptors (Lipinski definition) is 2. The molecule has 0 atom stereocenters. The van der Waals surface area contributed by atoms with Gasteiger partial charge in [-0.1, -0.05) is 23.2 Å². The predicted octanol–water partition coefficient (Wildman–Crippen LogP) is 4.61. The molecule has 0 radical (unpaired) electrons. The van der Waals surface area contributed by atoms with Gasteiger partial charge in [0.05, 0.1) is 12.2 Å². The number of aryl methyl sites for hydroxylation is 1. The maximum Gasteiger partial charge on any atom is 0.142 e. The Balaban J connectivity index is 2.02. The number of imidazole rings is 1. The maximum atomic E-state index is 6.25. The maximum absolute atomic E-state index is 6.25. The normalized spacial score (nSPS) is 10.8. The fourth-order valence-corrected chi connectivity index (χ4v) is 2.61. The molecule has 21 heavy (non-hydrogen) atoms. The van der Waals surface area contributed by atoms with E-state index in [1.54, 1.807) is 18.5 Å². The smallest absolute Gasteiger partial charge is 0.142 e. The van der Waals surface area contributed by atoms with Gasteiger partial charge in [-0.3, -0.25) is 4.98 Å². The quantitative estimate of drug-likeness (QED) is 0.706. The van der Waals surface area contributed by atoms with Crippen LogP contribution in [-0.2, 0) is 6.54 Å². The van der Waals surface area contributed by atoms with Gasteiger partial charge in [0.15, 0.2) is 0 Å². The number of hydrogen-bond donors (Lipinski definition) is 0. The van der Waals surface area contributed by atoms with E-state index in [0.29, 0.717) is 16.6 Å². The zero-order chi connectivity index (χ0) is 14.8. The second-order valence-corrected chi connectivity index (χ2v) is 5.65. The van der Waals surface area contributed by atoms with Gasteiger partial charge in [-0.25, -0.2) is 4.98 Å². The first-order valence-electron chi connectivity index (χ1n) is 6.51. The summed E-state index contributed by atoms with van der Waals surface area (Å²) in [6.07, 6.45) is 5.55. The van der Waals surface area contributed by atoms with E-state index in [9.17, 15) is 0 Å². The van der Waals surface area contributed by atoms with Crippen molar-refractivity contribution < 1.29 is 0 Å². The second-order valence-electron chi connectivity index (χ2n) is 4.81. The molecule has 0 saturated carbocycles. The van der Waals surface area contributed by atoms with E-state index in [2.05, 4.69) is 14.5 Å². The summed E-state index contributed by atoms with van der Waals surface area (Å²) in [4.78, 5) is 8.73. The first-order valence-corrected chi connectivity index (χ1v) is 7.27. The second kappa shape index (κ2) is 5.88. The van der Waals surface area contributed by atoms with E-state index < -0.39 is 0 Å². The van der Waals surface area contributed by atoms with Gasteiger partial charge in [-0.2, -0.15) is 0 Å². The summed E-state index contributed by atoms with van der Waals surface area (Å²) < 4.78 is 2.06. The number of pyridine rings is 1. The third-order valence-corrected chi connectivity index (χ3v) is 3.77. The summed E-state index contributed by atoms with van der Waals surface area (Å²) >= 11 is 12.3. The van der Waals surface area contributed by atoms with Crippen molar-refractivity contribution in [3.05, 3.63) is 70.2 Å². The minimum absolute atomic E-state index is 0.616. The van der Waals surface area contributed by atoms with E-state index in [-0.39, 0.29) is 0 Å². The molecule has 2 aromatic heterocycles. The van der Waals surface area contributed by atoms with Crippen molar-refractivity contribution in [2.75, 3.05) is 0 Å². The molecule has 3 nitrogen and oxygen atoms in total. The summed E-state index contributed by atoms with van der Waals surface area (Å²) in [5.74, 6) is 0.872. The molecular weight excluding hydrogens is 305 g/mol. The fourth-order valence-electron chi connectivity index (χ4n) is 2.24. The van der Waals surface area contributed by atoms with E-state index in [1.165, 1.54) is 0 Å². The van der Waals surface area contributed by atoms with Crippen LogP contribution in [0.1, 0.15) is 11.3 Å². The van der Waals surface area contributed by atoms with Crippen molar-refractivity contribution in [3.63, 3.8) is 0 Å². The number of halogens is 2. The third kappa shape index (κ3) is 3.09. The Morgan fingerprint density at radius 2 is 2.05 bits per heavy atom. The molecule has 106 valence electrons. The van der Waals surface area contributed by atoms with Crippen molar-refractivity contribution in [1.29, 1.82) is 0 Å². The van der Waals surface area contributed by atoms with Gasteiger partial charge in [-0.15, -0.1) is 0 Å². The highest BCUT2D eigenvalue weighted by atomic mass is 35.5. The van der Waals surface area contributed by atoms with E-state index in [4.69, 9.17) is 23.2 Å². The highest BCUT2D eigenvalue weighted by molar-refractivity contribution is 6.33. The molecule has 1 aromatic carbocycles. The summed E-state index contributed by atoms with van der Waals surface area (Å²) in [6.45, 7) is 2.58. The molecule has 0 aliphatic carbocycles. The van der Waals surface area contributed by atoms with Crippen LogP contribution < -0.4 is 0 Å². The van der Waals surface area contributed by atoms with Gasteiger partial charge in [0.1, 0.15) is 5.82 Å². The minimum atomic E-state index is 0.616. The lowest BCUT2D eigenvalue weighted by Crippen LogP contribution is -2.02. The summed E-state index contributed by atoms with van der Waals surface area (Å²) in [5.41, 5.74) is 2.89. The molecule has 2 heterocycles. The number of benzene rings is 1. The van der Waals surface area contributed by atoms with Crippen LogP contribution in [0.25, 0.3) is 11.4 Å². The Bertz CT molecular complexity index is 766. The monoisotopic (exact) mass is 317 g/mol. The Morgan fingerprint density at radius 3 is 2.81 bits per heavy atom. The minimum Gasteiger partial charge on any atom is -0.326 e. The van der Waals surface area contributed by atoms with Crippen molar-refractivity contribution in [1.82, 2.24) is 14.5 Å². The molecule has 0 spiro atoms. The SMILES string of the molecule is Cc1cn(Cc2cc(Cl)ccc2Cl)c(-c2cccnc2)n1. The highest BCUT2D eigenvalue weighted by Crippen LogP contribution is 2.24. The van der Waals surface area contributed by atoms with Crippen LogP contribution in [-0.4, -0.2) is 14.5 Å². The zero-order valence-electron chi connectivity index (χ0n) is 11.4.